The number of pyridine rings is 1. The minimum atomic E-state index is -0.950. The Morgan fingerprint density at radius 1 is 1.17 bits per heavy atom. The molecule has 0 aromatic carbocycles. The molecule has 3 aromatic heterocycles. The van der Waals surface area contributed by atoms with E-state index < -0.39 is 6.10 Å². The molecule has 5 heterocycles. The van der Waals surface area contributed by atoms with Gasteiger partial charge in [-0.25, -0.2) is 15.0 Å². The number of hydrogen-bond acceptors (Lipinski definition) is 10. The monoisotopic (exact) mass is 497 g/mol. The summed E-state index contributed by atoms with van der Waals surface area (Å²) in [5.74, 6) is 1.85. The molecule has 1 amide bonds. The lowest BCUT2D eigenvalue weighted by Gasteiger charge is -2.35. The number of fused-ring (bicyclic) bond motifs is 1. The van der Waals surface area contributed by atoms with Crippen LogP contribution in [0.25, 0.3) is 21.6 Å². The molecule has 3 aromatic rings. The number of carbonyl (C=O) groups excluding carboxylic acids is 1. The van der Waals surface area contributed by atoms with E-state index in [-0.39, 0.29) is 5.91 Å². The summed E-state index contributed by atoms with van der Waals surface area (Å²) in [5.41, 5.74) is 8.75. The maximum absolute atomic E-state index is 12.1. The van der Waals surface area contributed by atoms with Gasteiger partial charge in [0.25, 0.3) is 5.91 Å². The van der Waals surface area contributed by atoms with Crippen molar-refractivity contribution in [2.75, 3.05) is 63.1 Å². The molecule has 11 heteroatoms. The predicted molar refractivity (Wildman–Crippen MR) is 136 cm³/mol. The van der Waals surface area contributed by atoms with Gasteiger partial charge in [0.15, 0.2) is 11.6 Å². The standard InChI is InChI=1S/C24H31N7O3S/c1-15-18(14-29-5-7-31(8-6-29)24(33)16(2)32)35-21-20(15)27-22(17-3-4-19(25)26-13-17)28-23(21)30-9-11-34-12-10-30/h3-4,13,16,32H,5-12,14H2,1-2H3,(H2,25,26). The van der Waals surface area contributed by atoms with Gasteiger partial charge in [-0.15, -0.1) is 11.3 Å². The van der Waals surface area contributed by atoms with Crippen molar-refractivity contribution in [2.45, 2.75) is 26.5 Å². The van der Waals surface area contributed by atoms with E-state index in [4.69, 9.17) is 20.4 Å². The number of hydrogen-bond donors (Lipinski definition) is 2. The van der Waals surface area contributed by atoms with Crippen molar-refractivity contribution in [1.82, 2.24) is 24.8 Å². The number of aliphatic hydroxyl groups is 1. The van der Waals surface area contributed by atoms with E-state index in [1.54, 1.807) is 28.5 Å². The minimum Gasteiger partial charge on any atom is -0.384 e. The summed E-state index contributed by atoms with van der Waals surface area (Å²) in [5, 5.41) is 9.61. The van der Waals surface area contributed by atoms with E-state index >= 15 is 0 Å². The highest BCUT2D eigenvalue weighted by atomic mass is 32.1. The number of aromatic nitrogens is 3. The number of nitrogen functional groups attached to an aromatic ring is 1. The second kappa shape index (κ2) is 10.0. The van der Waals surface area contributed by atoms with E-state index in [0.29, 0.717) is 37.9 Å². The van der Waals surface area contributed by atoms with Crippen LogP contribution in [-0.4, -0.2) is 94.4 Å². The number of rotatable bonds is 5. The van der Waals surface area contributed by atoms with Crippen molar-refractivity contribution in [3.8, 4) is 11.4 Å². The van der Waals surface area contributed by atoms with Crippen molar-refractivity contribution in [1.29, 1.82) is 0 Å². The molecule has 0 radical (unpaired) electrons. The number of amides is 1. The highest BCUT2D eigenvalue weighted by Gasteiger charge is 2.26. The van der Waals surface area contributed by atoms with Gasteiger partial charge in [0.05, 0.1) is 23.4 Å². The molecule has 2 aliphatic rings. The lowest BCUT2D eigenvalue weighted by molar-refractivity contribution is -0.141. The number of aryl methyl sites for hydroxylation is 1. The summed E-state index contributed by atoms with van der Waals surface area (Å²) >= 11 is 1.75. The molecule has 5 rings (SSSR count). The average molecular weight is 498 g/mol. The fourth-order valence-corrected chi connectivity index (χ4v) is 5.82. The van der Waals surface area contributed by atoms with E-state index in [0.717, 1.165) is 59.9 Å². The number of aliphatic hydroxyl groups excluding tert-OH is 1. The van der Waals surface area contributed by atoms with Crippen molar-refractivity contribution in [3.63, 3.8) is 0 Å². The van der Waals surface area contributed by atoms with E-state index in [1.165, 1.54) is 11.8 Å². The molecule has 3 N–H and O–H groups in total. The molecule has 2 fully saturated rings. The topological polar surface area (TPSA) is 121 Å². The van der Waals surface area contributed by atoms with E-state index in [1.807, 2.05) is 6.07 Å². The highest BCUT2D eigenvalue weighted by Crippen LogP contribution is 2.38. The molecular weight excluding hydrogens is 466 g/mol. The summed E-state index contributed by atoms with van der Waals surface area (Å²) in [7, 11) is 0. The Morgan fingerprint density at radius 3 is 2.57 bits per heavy atom. The summed E-state index contributed by atoms with van der Waals surface area (Å²) in [4.78, 5) is 33.9. The number of anilines is 2. The summed E-state index contributed by atoms with van der Waals surface area (Å²) in [6.45, 7) is 10.2. The maximum Gasteiger partial charge on any atom is 0.251 e. The molecule has 1 unspecified atom stereocenters. The number of piperazine rings is 1. The second-order valence-electron chi connectivity index (χ2n) is 9.05. The maximum atomic E-state index is 12.1. The first-order valence-corrected chi connectivity index (χ1v) is 12.8. The van der Waals surface area contributed by atoms with Crippen LogP contribution in [0.5, 0.6) is 0 Å². The van der Waals surface area contributed by atoms with Crippen molar-refractivity contribution >= 4 is 39.1 Å². The van der Waals surface area contributed by atoms with Crippen molar-refractivity contribution in [2.24, 2.45) is 0 Å². The van der Waals surface area contributed by atoms with Gasteiger partial charge in [-0.1, -0.05) is 0 Å². The number of morpholine rings is 1. The molecule has 0 spiro atoms. The van der Waals surface area contributed by atoms with Crippen LogP contribution in [0.15, 0.2) is 18.3 Å². The zero-order valence-electron chi connectivity index (χ0n) is 20.1. The largest absolute Gasteiger partial charge is 0.384 e. The van der Waals surface area contributed by atoms with Gasteiger partial charge in [-0.05, 0) is 31.5 Å². The van der Waals surface area contributed by atoms with Crippen LogP contribution >= 0.6 is 11.3 Å². The summed E-state index contributed by atoms with van der Waals surface area (Å²) < 4.78 is 6.67. The summed E-state index contributed by atoms with van der Waals surface area (Å²) in [6.07, 6.45) is 0.768. The van der Waals surface area contributed by atoms with Crippen molar-refractivity contribution < 1.29 is 14.6 Å². The Balaban J connectivity index is 1.45. The molecule has 2 aliphatic heterocycles. The van der Waals surface area contributed by atoms with Crippen LogP contribution in [-0.2, 0) is 16.1 Å². The zero-order valence-corrected chi connectivity index (χ0v) is 20.9. The minimum absolute atomic E-state index is 0.196. The number of nitrogens with zero attached hydrogens (tertiary/aromatic N) is 6. The fraction of sp³-hybridized carbons (Fsp3) is 0.500. The Hall–Kier alpha value is -2.86. The number of ether oxygens (including phenoxy) is 1. The van der Waals surface area contributed by atoms with E-state index in [2.05, 4.69) is 21.7 Å². The quantitative estimate of drug-likeness (QED) is 0.540. The van der Waals surface area contributed by atoms with Gasteiger partial charge in [0, 0.05) is 62.5 Å². The van der Waals surface area contributed by atoms with Gasteiger partial charge in [0.2, 0.25) is 0 Å². The van der Waals surface area contributed by atoms with Gasteiger partial charge >= 0.3 is 0 Å². The molecule has 35 heavy (non-hydrogen) atoms. The molecule has 1 atom stereocenters. The summed E-state index contributed by atoms with van der Waals surface area (Å²) in [6, 6.07) is 3.67. The third-order valence-corrected chi connectivity index (χ3v) is 7.87. The van der Waals surface area contributed by atoms with Crippen LogP contribution < -0.4 is 10.6 Å². The van der Waals surface area contributed by atoms with Crippen LogP contribution in [0, 0.1) is 6.92 Å². The van der Waals surface area contributed by atoms with Gasteiger partial charge in [-0.3, -0.25) is 9.69 Å². The van der Waals surface area contributed by atoms with Crippen LogP contribution in [0.1, 0.15) is 17.4 Å². The van der Waals surface area contributed by atoms with E-state index in [9.17, 15) is 9.90 Å². The molecule has 2 saturated heterocycles. The first kappa shape index (κ1) is 23.9. The smallest absolute Gasteiger partial charge is 0.251 e. The first-order valence-electron chi connectivity index (χ1n) is 11.9. The Kier molecular flexibility index (Phi) is 6.83. The third-order valence-electron chi connectivity index (χ3n) is 6.61. The fourth-order valence-electron chi connectivity index (χ4n) is 4.52. The lowest BCUT2D eigenvalue weighted by atomic mass is 10.2. The Labute approximate surface area is 208 Å². The number of nitrogens with two attached hydrogens (primary N) is 1. The average Bonchev–Trinajstić information content (AvgIpc) is 3.19. The Bertz CT molecular complexity index is 1200. The Morgan fingerprint density at radius 2 is 1.91 bits per heavy atom. The number of thiophene rings is 1. The van der Waals surface area contributed by atoms with Crippen LogP contribution in [0.3, 0.4) is 0 Å². The normalized spacial score (nSPS) is 18.3. The van der Waals surface area contributed by atoms with Crippen LogP contribution in [0.4, 0.5) is 11.6 Å². The van der Waals surface area contributed by atoms with Crippen molar-refractivity contribution in [3.05, 3.63) is 28.8 Å². The molecule has 0 bridgehead atoms. The van der Waals surface area contributed by atoms with Crippen LogP contribution in [0.2, 0.25) is 0 Å². The molecule has 186 valence electrons. The van der Waals surface area contributed by atoms with Gasteiger partial charge in [-0.2, -0.15) is 0 Å². The lowest BCUT2D eigenvalue weighted by Crippen LogP contribution is -2.50. The molecule has 0 saturated carbocycles. The zero-order chi connectivity index (χ0) is 24.5. The highest BCUT2D eigenvalue weighted by molar-refractivity contribution is 7.19. The second-order valence-corrected chi connectivity index (χ2v) is 10.2. The first-order chi connectivity index (χ1) is 16.9. The number of carbonyl (C=O) groups is 1. The SMILES string of the molecule is Cc1c(CN2CCN(C(=O)C(C)O)CC2)sc2c(N3CCOCC3)nc(-c3ccc(N)nc3)nc12. The van der Waals surface area contributed by atoms with Gasteiger partial charge < -0.3 is 25.4 Å². The predicted octanol–water partition coefficient (Wildman–Crippen LogP) is 1.51. The molecule has 10 nitrogen and oxygen atoms in total. The molecule has 0 aliphatic carbocycles. The third kappa shape index (κ3) is 4.94. The van der Waals surface area contributed by atoms with Gasteiger partial charge in [0.1, 0.15) is 11.9 Å². The molecular formula is C24H31N7O3S.